The minimum absolute atomic E-state index is 0.142. The summed E-state index contributed by atoms with van der Waals surface area (Å²) >= 11 is 0. The van der Waals surface area contributed by atoms with Gasteiger partial charge in [-0.25, -0.2) is 4.79 Å². The van der Waals surface area contributed by atoms with Crippen molar-refractivity contribution in [3.05, 3.63) is 65.2 Å². The Bertz CT molecular complexity index is 1030. The molecule has 7 nitrogen and oxygen atoms in total. The normalized spacial score (nSPS) is 15.7. The number of carbonyl (C=O) groups is 1. The summed E-state index contributed by atoms with van der Waals surface area (Å²) in [5.74, 6) is 1.43. The van der Waals surface area contributed by atoms with Crippen LogP contribution >= 0.6 is 0 Å². The van der Waals surface area contributed by atoms with Crippen LogP contribution in [-0.2, 0) is 17.8 Å². The van der Waals surface area contributed by atoms with Gasteiger partial charge in [-0.1, -0.05) is 26.5 Å². The summed E-state index contributed by atoms with van der Waals surface area (Å²) in [6.45, 7) is 13.7. The van der Waals surface area contributed by atoms with E-state index in [-0.39, 0.29) is 17.7 Å². The van der Waals surface area contributed by atoms with Crippen LogP contribution in [0.1, 0.15) is 56.3 Å². The molecule has 2 heterocycles. The fourth-order valence-electron chi connectivity index (χ4n) is 4.02. The molecule has 1 aromatic heterocycles. The monoisotopic (exact) mass is 454 g/mol. The summed E-state index contributed by atoms with van der Waals surface area (Å²) in [5, 5.41) is 9.76. The Hall–Kier alpha value is -3.22. The number of aryl methyl sites for hydroxylation is 1. The molecule has 0 bridgehead atoms. The van der Waals surface area contributed by atoms with E-state index in [9.17, 15) is 9.90 Å². The number of pyridine rings is 1. The number of aromatic nitrogens is 1. The van der Waals surface area contributed by atoms with Crippen LogP contribution < -0.4 is 9.47 Å². The highest BCUT2D eigenvalue weighted by molar-refractivity contribution is 5.70. The first-order chi connectivity index (χ1) is 15.5. The predicted molar refractivity (Wildman–Crippen MR) is 127 cm³/mol. The minimum atomic E-state index is -1.15. The fourth-order valence-corrected chi connectivity index (χ4v) is 4.02. The third-order valence-corrected chi connectivity index (χ3v) is 5.96. The zero-order valence-corrected chi connectivity index (χ0v) is 20.3. The maximum atomic E-state index is 13.0. The first-order valence-electron chi connectivity index (χ1n) is 11.2. The van der Waals surface area contributed by atoms with Crippen LogP contribution in [0, 0.1) is 12.8 Å². The van der Waals surface area contributed by atoms with Gasteiger partial charge in [0.25, 0.3) is 0 Å². The van der Waals surface area contributed by atoms with Crippen LogP contribution in [0.25, 0.3) is 0 Å². The van der Waals surface area contributed by atoms with E-state index in [0.29, 0.717) is 25.3 Å². The lowest BCUT2D eigenvalue weighted by Gasteiger charge is -2.40. The van der Waals surface area contributed by atoms with Gasteiger partial charge in [0.1, 0.15) is 29.6 Å². The molecule has 1 aliphatic rings. The molecule has 1 aliphatic heterocycles. The molecule has 0 fully saturated rings. The highest BCUT2D eigenvalue weighted by atomic mass is 16.6. The van der Waals surface area contributed by atoms with Crippen molar-refractivity contribution in [3.8, 4) is 11.5 Å². The van der Waals surface area contributed by atoms with Crippen LogP contribution in [0.5, 0.6) is 11.5 Å². The molecule has 3 rings (SSSR count). The number of nitrogens with zero attached hydrogens (tertiary/aromatic N) is 2. The minimum Gasteiger partial charge on any atom is -0.509 e. The van der Waals surface area contributed by atoms with Crippen molar-refractivity contribution in [1.29, 1.82) is 0 Å². The Morgan fingerprint density at radius 3 is 2.67 bits per heavy atom. The Balaban J connectivity index is 1.79. The van der Waals surface area contributed by atoms with Gasteiger partial charge < -0.3 is 24.2 Å². The molecular formula is C26H34N2O5. The summed E-state index contributed by atoms with van der Waals surface area (Å²) in [7, 11) is 1.62. The van der Waals surface area contributed by atoms with E-state index in [0.717, 1.165) is 28.3 Å². The number of methoxy groups -OCH3 is 1. The molecule has 178 valence electrons. The van der Waals surface area contributed by atoms with Crippen LogP contribution in [0.2, 0.25) is 0 Å². The van der Waals surface area contributed by atoms with E-state index in [1.165, 1.54) is 0 Å². The number of carbonyl (C=O) groups excluding carboxylic acids is 1. The Labute approximate surface area is 196 Å². The second-order valence-corrected chi connectivity index (χ2v) is 9.21. The van der Waals surface area contributed by atoms with Gasteiger partial charge in [0, 0.05) is 12.2 Å². The molecule has 0 saturated carbocycles. The van der Waals surface area contributed by atoms with Gasteiger partial charge in [-0.15, -0.1) is 0 Å². The Morgan fingerprint density at radius 2 is 2.03 bits per heavy atom. The standard InChI is InChI=1S/C26H34N2O5/c1-16(2)24-21-10-9-20(32-15-22-23(31-7)11-8-17(3)27-22)14-19(21)12-13-28(24)25(30)33-26(5,6)18(4)29/h8-11,14,16,24,29H,4,12-13,15H2,1-3,5-7H3/t24-/m0/s1. The maximum Gasteiger partial charge on any atom is 0.411 e. The molecule has 7 heteroatoms. The first kappa shape index (κ1) is 24.4. The topological polar surface area (TPSA) is 81.1 Å². The van der Waals surface area contributed by atoms with Crippen molar-refractivity contribution in [2.45, 2.75) is 59.3 Å². The zero-order chi connectivity index (χ0) is 24.3. The van der Waals surface area contributed by atoms with Crippen LogP contribution in [0.3, 0.4) is 0 Å². The van der Waals surface area contributed by atoms with Gasteiger partial charge in [0.05, 0.1) is 13.2 Å². The lowest BCUT2D eigenvalue weighted by molar-refractivity contribution is -0.00117. The van der Waals surface area contributed by atoms with Crippen LogP contribution in [0.15, 0.2) is 42.7 Å². The molecule has 33 heavy (non-hydrogen) atoms. The molecule has 1 amide bonds. The number of benzene rings is 1. The van der Waals surface area contributed by atoms with Crippen molar-refractivity contribution < 1.29 is 24.1 Å². The third kappa shape index (κ3) is 5.41. The first-order valence-corrected chi connectivity index (χ1v) is 11.2. The number of amides is 1. The van der Waals surface area contributed by atoms with E-state index in [1.807, 2.05) is 37.3 Å². The molecule has 0 spiro atoms. The van der Waals surface area contributed by atoms with E-state index < -0.39 is 11.7 Å². The van der Waals surface area contributed by atoms with Crippen molar-refractivity contribution in [2.24, 2.45) is 5.92 Å². The lowest BCUT2D eigenvalue weighted by atomic mass is 9.86. The van der Waals surface area contributed by atoms with E-state index >= 15 is 0 Å². The smallest absolute Gasteiger partial charge is 0.411 e. The number of hydrogen-bond donors (Lipinski definition) is 1. The molecule has 2 aromatic rings. The molecular weight excluding hydrogens is 420 g/mol. The predicted octanol–water partition coefficient (Wildman–Crippen LogP) is 5.52. The summed E-state index contributed by atoms with van der Waals surface area (Å²) < 4.78 is 17.0. The molecule has 1 N–H and O–H groups in total. The number of aliphatic hydroxyl groups excluding tert-OH is 1. The van der Waals surface area contributed by atoms with E-state index in [2.05, 4.69) is 25.4 Å². The molecule has 0 aliphatic carbocycles. The largest absolute Gasteiger partial charge is 0.509 e. The van der Waals surface area contributed by atoms with Crippen molar-refractivity contribution in [3.63, 3.8) is 0 Å². The number of aliphatic hydroxyl groups is 1. The quantitative estimate of drug-likeness (QED) is 0.555. The average Bonchev–Trinajstić information content (AvgIpc) is 2.76. The zero-order valence-electron chi connectivity index (χ0n) is 20.3. The van der Waals surface area contributed by atoms with Gasteiger partial charge in [-0.05, 0) is 68.5 Å². The number of hydrogen-bond acceptors (Lipinski definition) is 6. The van der Waals surface area contributed by atoms with Gasteiger partial charge in [0.2, 0.25) is 0 Å². The average molecular weight is 455 g/mol. The Kier molecular flexibility index (Phi) is 7.20. The SMILES string of the molecule is C=C(O)C(C)(C)OC(=O)N1CCc2cc(OCc3nc(C)ccc3OC)ccc2[C@@H]1C(C)C. The molecule has 0 saturated heterocycles. The second kappa shape index (κ2) is 9.73. The molecule has 0 radical (unpaired) electrons. The maximum absolute atomic E-state index is 13.0. The van der Waals surface area contributed by atoms with Gasteiger partial charge in [-0.2, -0.15) is 0 Å². The number of fused-ring (bicyclic) bond motifs is 1. The number of ether oxygens (including phenoxy) is 3. The van der Waals surface area contributed by atoms with Crippen molar-refractivity contribution >= 4 is 6.09 Å². The molecule has 0 unspecified atom stereocenters. The molecule has 1 aromatic carbocycles. The van der Waals surface area contributed by atoms with Gasteiger partial charge in [0.15, 0.2) is 5.60 Å². The van der Waals surface area contributed by atoms with Crippen LogP contribution in [-0.4, -0.2) is 40.3 Å². The summed E-state index contributed by atoms with van der Waals surface area (Å²) in [4.78, 5) is 19.2. The summed E-state index contributed by atoms with van der Waals surface area (Å²) in [6.07, 6.45) is 0.217. The van der Waals surface area contributed by atoms with E-state index in [4.69, 9.17) is 14.2 Å². The van der Waals surface area contributed by atoms with Crippen molar-refractivity contribution in [1.82, 2.24) is 9.88 Å². The highest BCUT2D eigenvalue weighted by Gasteiger charge is 2.37. The summed E-state index contributed by atoms with van der Waals surface area (Å²) in [6, 6.07) is 9.63. The van der Waals surface area contributed by atoms with Gasteiger partial charge >= 0.3 is 6.09 Å². The van der Waals surface area contributed by atoms with Crippen LogP contribution in [0.4, 0.5) is 4.79 Å². The highest BCUT2D eigenvalue weighted by Crippen LogP contribution is 2.38. The fraction of sp³-hybridized carbons (Fsp3) is 0.462. The Morgan fingerprint density at radius 1 is 1.30 bits per heavy atom. The second-order valence-electron chi connectivity index (χ2n) is 9.21. The lowest BCUT2D eigenvalue weighted by Crippen LogP contribution is -2.45. The third-order valence-electron chi connectivity index (χ3n) is 5.96. The number of rotatable bonds is 7. The molecule has 1 atom stereocenters. The summed E-state index contributed by atoms with van der Waals surface area (Å²) in [5.41, 5.74) is 2.72. The van der Waals surface area contributed by atoms with E-state index in [1.54, 1.807) is 25.9 Å². The van der Waals surface area contributed by atoms with Gasteiger partial charge in [-0.3, -0.25) is 4.98 Å². The van der Waals surface area contributed by atoms with Crippen molar-refractivity contribution in [2.75, 3.05) is 13.7 Å².